The van der Waals surface area contributed by atoms with E-state index < -0.39 is 20.0 Å². The Kier molecular flexibility index (Phi) is 7.81. The second kappa shape index (κ2) is 8.13. The number of carbonyl (C=O) groups excluding carboxylic acids is 1. The number of aliphatic hydroxyl groups is 1. The molecular weight excluding hydrogens is 298 g/mol. The van der Waals surface area contributed by atoms with Crippen LogP contribution in [0.25, 0.3) is 0 Å². The predicted molar refractivity (Wildman–Crippen MR) is 92.6 cm³/mol. The fourth-order valence-corrected chi connectivity index (χ4v) is 2.28. The van der Waals surface area contributed by atoms with Gasteiger partial charge in [0.1, 0.15) is 5.60 Å². The van der Waals surface area contributed by atoms with Crippen LogP contribution in [0.3, 0.4) is 0 Å². The third-order valence-corrected chi connectivity index (χ3v) is 8.14. The van der Waals surface area contributed by atoms with E-state index in [-0.39, 0.29) is 11.6 Å². The minimum atomic E-state index is -1.86. The maximum absolute atomic E-state index is 11.7. The van der Waals surface area contributed by atoms with E-state index in [4.69, 9.17) is 14.3 Å². The largest absolute Gasteiger partial charge is 0.444 e. The van der Waals surface area contributed by atoms with E-state index in [1.807, 2.05) is 20.8 Å². The van der Waals surface area contributed by atoms with Gasteiger partial charge in [0.2, 0.25) is 0 Å². The number of aliphatic hydroxyl groups excluding tert-OH is 1. The summed E-state index contributed by atoms with van der Waals surface area (Å²) in [5, 5.41) is 11.9. The Hall–Kier alpha value is -0.853. The topological polar surface area (TPSA) is 67.8 Å². The molecule has 0 unspecified atom stereocenters. The van der Waals surface area contributed by atoms with Crippen LogP contribution >= 0.6 is 0 Å². The fourth-order valence-electron chi connectivity index (χ4n) is 1.30. The number of nitrogens with one attached hydrogen (secondary N) is 1. The Bertz CT molecular complexity index is 392. The van der Waals surface area contributed by atoms with Gasteiger partial charge < -0.3 is 19.6 Å². The van der Waals surface area contributed by atoms with Crippen LogP contribution in [0.15, 0.2) is 11.6 Å². The summed E-state index contributed by atoms with van der Waals surface area (Å²) in [6.45, 7) is 17.0. The third-order valence-electron chi connectivity index (χ3n) is 3.66. The number of hydrogen-bond acceptors (Lipinski definition) is 4. The molecule has 0 aliphatic heterocycles. The summed E-state index contributed by atoms with van der Waals surface area (Å²) in [5.41, 5.74) is 0.320. The molecule has 0 aromatic rings. The molecule has 0 fully saturated rings. The lowest BCUT2D eigenvalue weighted by Gasteiger charge is -2.36. The molecule has 1 amide bonds. The van der Waals surface area contributed by atoms with Gasteiger partial charge in [-0.2, -0.15) is 0 Å². The van der Waals surface area contributed by atoms with Crippen molar-refractivity contribution in [3.8, 4) is 0 Å². The number of rotatable bonds is 6. The Morgan fingerprint density at radius 3 is 2.14 bits per heavy atom. The average molecular weight is 332 g/mol. The molecule has 6 heteroatoms. The smallest absolute Gasteiger partial charge is 0.407 e. The molecule has 0 saturated carbocycles. The van der Waals surface area contributed by atoms with Crippen molar-refractivity contribution < 1.29 is 19.1 Å². The van der Waals surface area contributed by atoms with Crippen LogP contribution in [0.4, 0.5) is 4.79 Å². The first-order valence-corrected chi connectivity index (χ1v) is 10.6. The summed E-state index contributed by atoms with van der Waals surface area (Å²) in [6.07, 6.45) is 1.20. The molecule has 0 atom stereocenters. The molecule has 22 heavy (non-hydrogen) atoms. The molecular formula is C16H33NO4Si. The SMILES string of the molecule is CC(C)(C)OC(=O)NC/C(=C/CO)CO[Si](C)(C)C(C)(C)C. The zero-order valence-electron chi connectivity index (χ0n) is 15.4. The number of carbonyl (C=O) groups is 1. The zero-order chi connectivity index (χ0) is 17.6. The van der Waals surface area contributed by atoms with Gasteiger partial charge in [-0.05, 0) is 44.5 Å². The molecule has 0 bridgehead atoms. The highest BCUT2D eigenvalue weighted by Crippen LogP contribution is 2.36. The van der Waals surface area contributed by atoms with E-state index in [9.17, 15) is 4.79 Å². The Labute approximate surface area is 136 Å². The number of alkyl carbamates (subject to hydrolysis) is 1. The summed E-state index contributed by atoms with van der Waals surface area (Å²) in [7, 11) is -1.86. The lowest BCUT2D eigenvalue weighted by atomic mass is 10.2. The molecule has 2 N–H and O–H groups in total. The first-order valence-electron chi connectivity index (χ1n) is 7.68. The van der Waals surface area contributed by atoms with Crippen molar-refractivity contribution in [1.29, 1.82) is 0 Å². The average Bonchev–Trinajstić information content (AvgIpc) is 2.29. The molecule has 130 valence electrons. The Balaban J connectivity index is 4.53. The predicted octanol–water partition coefficient (Wildman–Crippen LogP) is 3.45. The van der Waals surface area contributed by atoms with Crippen LogP contribution in [0.5, 0.6) is 0 Å². The van der Waals surface area contributed by atoms with Gasteiger partial charge in [-0.3, -0.25) is 0 Å². The monoisotopic (exact) mass is 331 g/mol. The molecule has 0 radical (unpaired) electrons. The fraction of sp³-hybridized carbons (Fsp3) is 0.812. The van der Waals surface area contributed by atoms with Gasteiger partial charge in [0, 0.05) is 6.54 Å². The van der Waals surface area contributed by atoms with Crippen molar-refractivity contribution in [2.24, 2.45) is 0 Å². The quantitative estimate of drug-likeness (QED) is 0.578. The van der Waals surface area contributed by atoms with Gasteiger partial charge in [-0.15, -0.1) is 0 Å². The third kappa shape index (κ3) is 8.56. The second-order valence-electron chi connectivity index (χ2n) is 7.95. The van der Waals surface area contributed by atoms with Crippen LogP contribution in [0, 0.1) is 0 Å². The van der Waals surface area contributed by atoms with Crippen molar-refractivity contribution in [3.05, 3.63) is 11.6 Å². The van der Waals surface area contributed by atoms with Crippen LogP contribution in [0.1, 0.15) is 41.5 Å². The molecule has 0 aliphatic rings. The van der Waals surface area contributed by atoms with Crippen LogP contribution < -0.4 is 5.32 Å². The van der Waals surface area contributed by atoms with Crippen molar-refractivity contribution >= 4 is 14.4 Å². The Morgan fingerprint density at radius 1 is 1.18 bits per heavy atom. The van der Waals surface area contributed by atoms with Crippen LogP contribution in [-0.4, -0.2) is 44.9 Å². The van der Waals surface area contributed by atoms with Crippen molar-refractivity contribution in [3.63, 3.8) is 0 Å². The van der Waals surface area contributed by atoms with Crippen LogP contribution in [0.2, 0.25) is 18.1 Å². The lowest BCUT2D eigenvalue weighted by Crippen LogP contribution is -2.42. The van der Waals surface area contributed by atoms with Gasteiger partial charge in [0.15, 0.2) is 8.32 Å². The minimum absolute atomic E-state index is 0.0772. The summed E-state index contributed by atoms with van der Waals surface area (Å²) in [4.78, 5) is 11.7. The molecule has 0 spiro atoms. The molecule has 0 aromatic carbocycles. The summed E-state index contributed by atoms with van der Waals surface area (Å²) in [5.74, 6) is 0. The number of ether oxygens (including phenoxy) is 1. The number of hydrogen-bond donors (Lipinski definition) is 2. The first-order chi connectivity index (χ1) is 9.78. The highest BCUT2D eigenvalue weighted by Gasteiger charge is 2.37. The molecule has 0 rings (SSSR count). The second-order valence-corrected chi connectivity index (χ2v) is 12.8. The highest BCUT2D eigenvalue weighted by atomic mass is 28.4. The molecule has 5 nitrogen and oxygen atoms in total. The molecule has 0 aliphatic carbocycles. The van der Waals surface area contributed by atoms with Gasteiger partial charge in [-0.25, -0.2) is 4.79 Å². The first kappa shape index (κ1) is 21.1. The van der Waals surface area contributed by atoms with Crippen molar-refractivity contribution in [1.82, 2.24) is 5.32 Å². The van der Waals surface area contributed by atoms with E-state index >= 15 is 0 Å². The Morgan fingerprint density at radius 2 is 1.73 bits per heavy atom. The van der Waals surface area contributed by atoms with E-state index in [1.165, 1.54) is 0 Å². The zero-order valence-corrected chi connectivity index (χ0v) is 16.4. The molecule has 0 heterocycles. The highest BCUT2D eigenvalue weighted by molar-refractivity contribution is 6.74. The summed E-state index contributed by atoms with van der Waals surface area (Å²) >= 11 is 0. The minimum Gasteiger partial charge on any atom is -0.444 e. The van der Waals surface area contributed by atoms with E-state index in [0.717, 1.165) is 5.57 Å². The lowest BCUT2D eigenvalue weighted by molar-refractivity contribution is 0.0531. The van der Waals surface area contributed by atoms with E-state index in [2.05, 4.69) is 39.2 Å². The van der Waals surface area contributed by atoms with E-state index in [1.54, 1.807) is 6.08 Å². The summed E-state index contributed by atoms with van der Waals surface area (Å²) in [6, 6.07) is 0. The van der Waals surface area contributed by atoms with Gasteiger partial charge >= 0.3 is 6.09 Å². The maximum atomic E-state index is 11.7. The standard InChI is InChI=1S/C16H33NO4Si/c1-15(2,3)21-14(19)17-11-13(9-10-18)12-20-22(7,8)16(4,5)6/h9,18H,10-12H2,1-8H3,(H,17,19)/b13-9-. The van der Waals surface area contributed by atoms with Gasteiger partial charge in [0.25, 0.3) is 0 Å². The van der Waals surface area contributed by atoms with E-state index in [0.29, 0.717) is 13.2 Å². The van der Waals surface area contributed by atoms with Crippen molar-refractivity contribution in [2.75, 3.05) is 19.8 Å². The number of amides is 1. The van der Waals surface area contributed by atoms with Gasteiger partial charge in [-0.1, -0.05) is 26.8 Å². The molecule has 0 saturated heterocycles. The van der Waals surface area contributed by atoms with Gasteiger partial charge in [0.05, 0.1) is 13.2 Å². The normalized spacial score (nSPS) is 14.0. The maximum Gasteiger partial charge on any atom is 0.407 e. The van der Waals surface area contributed by atoms with Crippen LogP contribution in [-0.2, 0) is 9.16 Å². The molecule has 0 aromatic heterocycles. The van der Waals surface area contributed by atoms with Crippen molar-refractivity contribution in [2.45, 2.75) is 65.3 Å². The summed E-state index contributed by atoms with van der Waals surface area (Å²) < 4.78 is 11.3.